The normalized spacial score (nSPS) is 20.4. The van der Waals surface area contributed by atoms with Gasteiger partial charge in [0.15, 0.2) is 0 Å². The van der Waals surface area contributed by atoms with Gasteiger partial charge in [0.1, 0.15) is 12.6 Å². The third kappa shape index (κ3) is 2.16. The SMILES string of the molecule is COC(=O)C(C)N1C(=O)OCC1c1ccccc1. The van der Waals surface area contributed by atoms with Crippen LogP contribution >= 0.6 is 0 Å². The number of ether oxygens (including phenoxy) is 2. The number of methoxy groups -OCH3 is 1. The molecule has 0 N–H and O–H groups in total. The van der Waals surface area contributed by atoms with Gasteiger partial charge in [0.25, 0.3) is 0 Å². The number of amides is 1. The van der Waals surface area contributed by atoms with Crippen LogP contribution in [0.4, 0.5) is 4.79 Å². The van der Waals surface area contributed by atoms with Gasteiger partial charge in [-0.1, -0.05) is 30.3 Å². The number of carbonyl (C=O) groups excluding carboxylic acids is 2. The van der Waals surface area contributed by atoms with E-state index in [2.05, 4.69) is 4.74 Å². The number of benzene rings is 1. The van der Waals surface area contributed by atoms with Crippen molar-refractivity contribution in [3.05, 3.63) is 35.9 Å². The summed E-state index contributed by atoms with van der Waals surface area (Å²) in [6.07, 6.45) is -0.484. The molecule has 18 heavy (non-hydrogen) atoms. The van der Waals surface area contributed by atoms with Gasteiger partial charge in [-0.05, 0) is 12.5 Å². The second kappa shape index (κ2) is 5.08. The lowest BCUT2D eigenvalue weighted by atomic mass is 10.1. The van der Waals surface area contributed by atoms with Crippen molar-refractivity contribution < 1.29 is 19.1 Å². The minimum atomic E-state index is -0.657. The molecule has 1 heterocycles. The van der Waals surface area contributed by atoms with Crippen LogP contribution in [0.25, 0.3) is 0 Å². The Bertz CT molecular complexity index is 446. The standard InChI is InChI=1S/C13H15NO4/c1-9(12(15)17-2)14-11(8-18-13(14)16)10-6-4-3-5-7-10/h3-7,9,11H,8H2,1-2H3. The predicted octanol–water partition coefficient (Wildman–Crippen LogP) is 1.74. The van der Waals surface area contributed by atoms with Crippen LogP contribution in [0, 0.1) is 0 Å². The molecule has 1 amide bonds. The number of rotatable bonds is 3. The maximum Gasteiger partial charge on any atom is 0.411 e. The zero-order chi connectivity index (χ0) is 13.1. The molecule has 1 fully saturated rings. The Morgan fingerprint density at radius 1 is 1.44 bits per heavy atom. The van der Waals surface area contributed by atoms with Crippen LogP contribution in [0.2, 0.25) is 0 Å². The molecular weight excluding hydrogens is 234 g/mol. The Morgan fingerprint density at radius 2 is 2.11 bits per heavy atom. The Labute approximate surface area is 105 Å². The molecule has 0 saturated carbocycles. The van der Waals surface area contributed by atoms with E-state index in [1.807, 2.05) is 30.3 Å². The molecule has 1 aromatic rings. The lowest BCUT2D eigenvalue weighted by Crippen LogP contribution is -2.41. The molecule has 0 aromatic heterocycles. The second-order valence-corrected chi connectivity index (χ2v) is 4.11. The Morgan fingerprint density at radius 3 is 2.72 bits per heavy atom. The van der Waals surface area contributed by atoms with Crippen LogP contribution in [-0.4, -0.2) is 36.7 Å². The Hall–Kier alpha value is -2.04. The van der Waals surface area contributed by atoms with Gasteiger partial charge in [0, 0.05) is 0 Å². The molecule has 96 valence electrons. The highest BCUT2D eigenvalue weighted by Crippen LogP contribution is 2.29. The molecule has 0 radical (unpaired) electrons. The molecule has 0 spiro atoms. The molecular formula is C13H15NO4. The number of esters is 1. The van der Waals surface area contributed by atoms with Gasteiger partial charge in [0.2, 0.25) is 0 Å². The van der Waals surface area contributed by atoms with E-state index in [1.54, 1.807) is 6.92 Å². The maximum atomic E-state index is 11.7. The van der Waals surface area contributed by atoms with Crippen molar-refractivity contribution in [3.8, 4) is 0 Å². The molecule has 1 aromatic carbocycles. The summed E-state index contributed by atoms with van der Waals surface area (Å²) in [5.74, 6) is -0.449. The zero-order valence-electron chi connectivity index (χ0n) is 10.3. The first-order valence-electron chi connectivity index (χ1n) is 5.73. The van der Waals surface area contributed by atoms with Crippen LogP contribution in [0.15, 0.2) is 30.3 Å². The molecule has 1 saturated heterocycles. The molecule has 2 atom stereocenters. The van der Waals surface area contributed by atoms with Crippen LogP contribution < -0.4 is 0 Å². The van der Waals surface area contributed by atoms with E-state index in [0.29, 0.717) is 0 Å². The molecule has 1 aliphatic heterocycles. The summed E-state index contributed by atoms with van der Waals surface area (Å²) in [5, 5.41) is 0. The van der Waals surface area contributed by atoms with Crippen LogP contribution in [-0.2, 0) is 14.3 Å². The van der Waals surface area contributed by atoms with Gasteiger partial charge in [-0.3, -0.25) is 4.90 Å². The molecule has 0 bridgehead atoms. The quantitative estimate of drug-likeness (QED) is 0.766. The van der Waals surface area contributed by atoms with Gasteiger partial charge in [0.05, 0.1) is 13.2 Å². The summed E-state index contributed by atoms with van der Waals surface area (Å²) in [7, 11) is 1.30. The van der Waals surface area contributed by atoms with Crippen molar-refractivity contribution in [2.75, 3.05) is 13.7 Å². The number of cyclic esters (lactones) is 1. The number of hydrogen-bond acceptors (Lipinski definition) is 4. The van der Waals surface area contributed by atoms with Crippen molar-refractivity contribution in [3.63, 3.8) is 0 Å². The smallest absolute Gasteiger partial charge is 0.411 e. The Kier molecular flexibility index (Phi) is 3.50. The summed E-state index contributed by atoms with van der Waals surface area (Å²) >= 11 is 0. The Balaban J connectivity index is 2.26. The van der Waals surface area contributed by atoms with Crippen molar-refractivity contribution in [2.24, 2.45) is 0 Å². The van der Waals surface area contributed by atoms with Crippen molar-refractivity contribution in [2.45, 2.75) is 19.0 Å². The topological polar surface area (TPSA) is 55.8 Å². The van der Waals surface area contributed by atoms with Gasteiger partial charge < -0.3 is 9.47 Å². The summed E-state index contributed by atoms with van der Waals surface area (Å²) in [6, 6.07) is 8.59. The highest BCUT2D eigenvalue weighted by Gasteiger charge is 2.40. The number of nitrogens with zero attached hydrogens (tertiary/aromatic N) is 1. The average Bonchev–Trinajstić information content (AvgIpc) is 2.80. The largest absolute Gasteiger partial charge is 0.467 e. The molecule has 0 aliphatic carbocycles. The fraction of sp³-hybridized carbons (Fsp3) is 0.385. The molecule has 2 rings (SSSR count). The summed E-state index contributed by atoms with van der Waals surface area (Å²) in [4.78, 5) is 24.7. The number of hydrogen-bond donors (Lipinski definition) is 0. The van der Waals surface area contributed by atoms with Crippen LogP contribution in [0.3, 0.4) is 0 Å². The van der Waals surface area contributed by atoms with Crippen molar-refractivity contribution in [1.29, 1.82) is 0 Å². The number of carbonyl (C=O) groups is 2. The van der Waals surface area contributed by atoms with E-state index in [4.69, 9.17) is 4.74 Å². The van der Waals surface area contributed by atoms with E-state index in [9.17, 15) is 9.59 Å². The average molecular weight is 249 g/mol. The van der Waals surface area contributed by atoms with Crippen molar-refractivity contribution >= 4 is 12.1 Å². The highest BCUT2D eigenvalue weighted by atomic mass is 16.6. The maximum absolute atomic E-state index is 11.7. The third-order valence-corrected chi connectivity index (χ3v) is 3.06. The summed E-state index contributed by atoms with van der Waals surface area (Å²) < 4.78 is 9.70. The fourth-order valence-corrected chi connectivity index (χ4v) is 2.08. The van der Waals surface area contributed by atoms with Gasteiger partial charge in [-0.25, -0.2) is 9.59 Å². The van der Waals surface area contributed by atoms with E-state index < -0.39 is 18.1 Å². The predicted molar refractivity (Wildman–Crippen MR) is 63.8 cm³/mol. The lowest BCUT2D eigenvalue weighted by Gasteiger charge is -2.26. The highest BCUT2D eigenvalue weighted by molar-refractivity contribution is 5.82. The molecule has 5 nitrogen and oxygen atoms in total. The lowest BCUT2D eigenvalue weighted by molar-refractivity contribution is -0.145. The first kappa shape index (κ1) is 12.4. The van der Waals surface area contributed by atoms with E-state index in [0.717, 1.165) is 5.56 Å². The molecule has 1 aliphatic rings. The van der Waals surface area contributed by atoms with Crippen LogP contribution in [0.1, 0.15) is 18.5 Å². The monoisotopic (exact) mass is 249 g/mol. The molecule has 5 heteroatoms. The van der Waals surface area contributed by atoms with Gasteiger partial charge in [-0.15, -0.1) is 0 Å². The second-order valence-electron chi connectivity index (χ2n) is 4.11. The summed E-state index contributed by atoms with van der Waals surface area (Å²) in [5.41, 5.74) is 0.944. The van der Waals surface area contributed by atoms with E-state index >= 15 is 0 Å². The summed E-state index contributed by atoms with van der Waals surface area (Å²) in [6.45, 7) is 1.89. The fourth-order valence-electron chi connectivity index (χ4n) is 2.08. The van der Waals surface area contributed by atoms with Crippen molar-refractivity contribution in [1.82, 2.24) is 4.90 Å². The van der Waals surface area contributed by atoms with E-state index in [1.165, 1.54) is 12.0 Å². The first-order valence-corrected chi connectivity index (χ1v) is 5.73. The first-order chi connectivity index (χ1) is 8.65. The van der Waals surface area contributed by atoms with Gasteiger partial charge in [-0.2, -0.15) is 0 Å². The zero-order valence-corrected chi connectivity index (χ0v) is 10.3. The minimum absolute atomic E-state index is 0.243. The van der Waals surface area contributed by atoms with Gasteiger partial charge >= 0.3 is 12.1 Å². The van der Waals surface area contributed by atoms with E-state index in [-0.39, 0.29) is 12.6 Å². The minimum Gasteiger partial charge on any atom is -0.467 e. The van der Waals surface area contributed by atoms with Crippen LogP contribution in [0.5, 0.6) is 0 Å². The molecule has 2 unspecified atom stereocenters. The third-order valence-electron chi connectivity index (χ3n) is 3.06.